The van der Waals surface area contributed by atoms with Gasteiger partial charge in [0, 0.05) is 5.75 Å². The monoisotopic (exact) mass is 243 g/mol. The first-order valence-corrected chi connectivity index (χ1v) is 8.40. The van der Waals surface area contributed by atoms with E-state index in [4.69, 9.17) is 0 Å². The lowest BCUT2D eigenvalue weighted by molar-refractivity contribution is 0.563. The fourth-order valence-corrected chi connectivity index (χ4v) is 2.65. The van der Waals surface area contributed by atoms with Gasteiger partial charge in [-0.3, -0.25) is 0 Å². The van der Waals surface area contributed by atoms with Gasteiger partial charge in [0.2, 0.25) is 0 Å². The van der Waals surface area contributed by atoms with Crippen LogP contribution in [0.3, 0.4) is 0 Å². The molecule has 0 aromatic heterocycles. The standard InChI is InChI=1S/C15H31S/c1-3-5-6-7-8-9-10-11-12-13-15-16-14-4-2/h14H,3-13,15H2,1-2H3. The first kappa shape index (κ1) is 16.4. The molecule has 0 aromatic rings. The van der Waals surface area contributed by atoms with Gasteiger partial charge in [0.15, 0.2) is 0 Å². The van der Waals surface area contributed by atoms with Crippen LogP contribution in [0.15, 0.2) is 0 Å². The number of rotatable bonds is 13. The Bertz CT molecular complexity index is 98.0. The lowest BCUT2D eigenvalue weighted by atomic mass is 10.1. The van der Waals surface area contributed by atoms with E-state index in [2.05, 4.69) is 19.6 Å². The van der Waals surface area contributed by atoms with Gasteiger partial charge in [-0.25, -0.2) is 0 Å². The van der Waals surface area contributed by atoms with Crippen molar-refractivity contribution in [1.82, 2.24) is 0 Å². The Morgan fingerprint density at radius 3 is 1.69 bits per heavy atom. The van der Waals surface area contributed by atoms with Crippen molar-refractivity contribution < 1.29 is 0 Å². The third-order valence-corrected chi connectivity index (χ3v) is 3.99. The second kappa shape index (κ2) is 15.4. The van der Waals surface area contributed by atoms with Gasteiger partial charge in [-0.2, -0.15) is 11.8 Å². The van der Waals surface area contributed by atoms with E-state index >= 15 is 0 Å². The Labute approximate surface area is 108 Å². The highest BCUT2D eigenvalue weighted by atomic mass is 32.2. The Balaban J connectivity index is 2.83. The maximum Gasteiger partial charge on any atom is 0.0163 e. The Morgan fingerprint density at radius 1 is 0.688 bits per heavy atom. The number of thioether (sulfide) groups is 1. The molecule has 0 saturated heterocycles. The summed E-state index contributed by atoms with van der Waals surface area (Å²) in [7, 11) is 0. The molecule has 0 amide bonds. The van der Waals surface area contributed by atoms with E-state index < -0.39 is 0 Å². The third-order valence-electron chi connectivity index (χ3n) is 2.90. The summed E-state index contributed by atoms with van der Waals surface area (Å²) in [5.74, 6) is 3.66. The maximum atomic E-state index is 2.33. The van der Waals surface area contributed by atoms with Crippen molar-refractivity contribution in [2.75, 3.05) is 5.75 Å². The maximum absolute atomic E-state index is 2.33. The molecule has 0 heterocycles. The summed E-state index contributed by atoms with van der Waals surface area (Å²) in [5, 5.41) is 0. The summed E-state index contributed by atoms with van der Waals surface area (Å²) in [6.07, 6.45) is 15.7. The molecule has 16 heavy (non-hydrogen) atoms. The molecule has 97 valence electrons. The molecule has 0 unspecified atom stereocenters. The van der Waals surface area contributed by atoms with Gasteiger partial charge < -0.3 is 0 Å². The van der Waals surface area contributed by atoms with Crippen LogP contribution >= 0.6 is 11.8 Å². The summed E-state index contributed by atoms with van der Waals surface area (Å²) in [6.45, 7) is 4.50. The van der Waals surface area contributed by atoms with E-state index in [1.807, 2.05) is 11.8 Å². The van der Waals surface area contributed by atoms with Crippen LogP contribution in [0, 0.1) is 5.75 Å². The highest BCUT2D eigenvalue weighted by molar-refractivity contribution is 8.01. The number of hydrogen-bond donors (Lipinski definition) is 0. The van der Waals surface area contributed by atoms with E-state index in [1.54, 1.807) is 0 Å². The second-order valence-electron chi connectivity index (χ2n) is 4.63. The first-order chi connectivity index (χ1) is 7.91. The van der Waals surface area contributed by atoms with Crippen LogP contribution in [0.25, 0.3) is 0 Å². The molecule has 0 aromatic carbocycles. The van der Waals surface area contributed by atoms with Crippen molar-refractivity contribution in [3.05, 3.63) is 5.75 Å². The minimum absolute atomic E-state index is 1.21. The normalized spacial score (nSPS) is 10.9. The van der Waals surface area contributed by atoms with Crippen molar-refractivity contribution in [1.29, 1.82) is 0 Å². The van der Waals surface area contributed by atoms with Crippen molar-refractivity contribution in [3.63, 3.8) is 0 Å². The van der Waals surface area contributed by atoms with E-state index in [-0.39, 0.29) is 0 Å². The van der Waals surface area contributed by atoms with Crippen molar-refractivity contribution in [3.8, 4) is 0 Å². The summed E-state index contributed by atoms with van der Waals surface area (Å²) in [5.41, 5.74) is 0. The van der Waals surface area contributed by atoms with Crippen LogP contribution < -0.4 is 0 Å². The second-order valence-corrected chi connectivity index (χ2v) is 5.70. The predicted molar refractivity (Wildman–Crippen MR) is 78.9 cm³/mol. The van der Waals surface area contributed by atoms with Gasteiger partial charge in [-0.1, -0.05) is 71.6 Å². The summed E-state index contributed by atoms with van der Waals surface area (Å²) >= 11 is 2.01. The van der Waals surface area contributed by atoms with Crippen molar-refractivity contribution in [2.45, 2.75) is 84.5 Å². The van der Waals surface area contributed by atoms with E-state index in [0.29, 0.717) is 0 Å². The molecule has 1 radical (unpaired) electrons. The average molecular weight is 243 g/mol. The smallest absolute Gasteiger partial charge is 0.0163 e. The summed E-state index contributed by atoms with van der Waals surface area (Å²) < 4.78 is 0. The highest BCUT2D eigenvalue weighted by Gasteiger charge is 1.92. The largest absolute Gasteiger partial charge is 0.157 e. The highest BCUT2D eigenvalue weighted by Crippen LogP contribution is 2.14. The van der Waals surface area contributed by atoms with Gasteiger partial charge in [-0.15, -0.1) is 0 Å². The van der Waals surface area contributed by atoms with Crippen LogP contribution in [0.4, 0.5) is 0 Å². The van der Waals surface area contributed by atoms with Crippen LogP contribution in [0.1, 0.15) is 84.5 Å². The van der Waals surface area contributed by atoms with E-state index in [0.717, 1.165) is 0 Å². The van der Waals surface area contributed by atoms with Crippen LogP contribution in [0.5, 0.6) is 0 Å². The number of hydrogen-bond acceptors (Lipinski definition) is 1. The summed E-state index contributed by atoms with van der Waals surface area (Å²) in [6, 6.07) is 0. The molecule has 0 spiro atoms. The van der Waals surface area contributed by atoms with Gasteiger partial charge in [0.05, 0.1) is 0 Å². The molecule has 0 rings (SSSR count). The van der Waals surface area contributed by atoms with Crippen molar-refractivity contribution >= 4 is 11.8 Å². The van der Waals surface area contributed by atoms with Crippen LogP contribution in [0.2, 0.25) is 0 Å². The molecule has 0 saturated carbocycles. The fourth-order valence-electron chi connectivity index (χ4n) is 1.87. The average Bonchev–Trinajstić information content (AvgIpc) is 2.31. The SMILES string of the molecule is CC[CH]SCCCCCCCCCCCC. The molecule has 0 N–H and O–H groups in total. The zero-order valence-electron chi connectivity index (χ0n) is 11.5. The Kier molecular flexibility index (Phi) is 15.7. The molecule has 0 bridgehead atoms. The van der Waals surface area contributed by atoms with Crippen LogP contribution in [-0.2, 0) is 0 Å². The van der Waals surface area contributed by atoms with Crippen LogP contribution in [-0.4, -0.2) is 5.75 Å². The predicted octanol–water partition coefficient (Wildman–Crippen LogP) is 6.21. The van der Waals surface area contributed by atoms with E-state index in [9.17, 15) is 0 Å². The zero-order chi connectivity index (χ0) is 11.9. The van der Waals surface area contributed by atoms with E-state index in [1.165, 1.54) is 76.4 Å². The molecular weight excluding hydrogens is 212 g/mol. The van der Waals surface area contributed by atoms with Gasteiger partial charge >= 0.3 is 0 Å². The Morgan fingerprint density at radius 2 is 1.19 bits per heavy atom. The minimum atomic E-state index is 1.21. The summed E-state index contributed by atoms with van der Waals surface area (Å²) in [4.78, 5) is 0. The number of unbranched alkanes of at least 4 members (excludes halogenated alkanes) is 9. The lowest BCUT2D eigenvalue weighted by Gasteiger charge is -2.02. The topological polar surface area (TPSA) is 0 Å². The zero-order valence-corrected chi connectivity index (χ0v) is 12.3. The molecular formula is C15H31S. The quantitative estimate of drug-likeness (QED) is 0.346. The Hall–Kier alpha value is 0.350. The molecule has 0 aliphatic heterocycles. The van der Waals surface area contributed by atoms with Crippen molar-refractivity contribution in [2.24, 2.45) is 0 Å². The third kappa shape index (κ3) is 14.4. The fraction of sp³-hybridized carbons (Fsp3) is 0.933. The molecule has 0 atom stereocenters. The van der Waals surface area contributed by atoms with Gasteiger partial charge in [0.25, 0.3) is 0 Å². The molecule has 0 aliphatic rings. The molecule has 1 heteroatoms. The first-order valence-electron chi connectivity index (χ1n) is 7.35. The van der Waals surface area contributed by atoms with Gasteiger partial charge in [-0.05, 0) is 18.6 Å². The molecule has 0 nitrogen and oxygen atoms in total. The molecule has 0 aliphatic carbocycles. The minimum Gasteiger partial charge on any atom is -0.157 e. The van der Waals surface area contributed by atoms with Gasteiger partial charge in [0.1, 0.15) is 0 Å². The lowest BCUT2D eigenvalue weighted by Crippen LogP contribution is -1.83. The molecule has 0 fully saturated rings.